The van der Waals surface area contributed by atoms with Crippen molar-refractivity contribution in [3.8, 4) is 23.0 Å². The molecule has 0 fully saturated rings. The molecule has 0 spiro atoms. The van der Waals surface area contributed by atoms with E-state index in [-0.39, 0.29) is 0 Å². The SMILES string of the molecule is COC(=O)c1cc(NCc2cnc(Cl)s2)c2c(c1)Oc1ccccc1O2. The van der Waals surface area contributed by atoms with Gasteiger partial charge in [0.2, 0.25) is 0 Å². The predicted molar refractivity (Wildman–Crippen MR) is 98.8 cm³/mol. The van der Waals surface area contributed by atoms with E-state index in [0.717, 1.165) is 4.88 Å². The summed E-state index contributed by atoms with van der Waals surface area (Å²) in [5.41, 5.74) is 0.973. The molecule has 0 radical (unpaired) electrons. The highest BCUT2D eigenvalue weighted by Crippen LogP contribution is 2.49. The third-order valence-corrected chi connectivity index (χ3v) is 4.85. The summed E-state index contributed by atoms with van der Waals surface area (Å²) >= 11 is 7.25. The standard InChI is InChI=1S/C18H13ClN2O4S/c1-23-17(22)10-6-12(20-8-11-9-21-18(19)26-11)16-15(7-10)24-13-4-2-3-5-14(13)25-16/h2-7,9,20H,8H2,1H3. The fourth-order valence-corrected chi connectivity index (χ4v) is 3.46. The average Bonchev–Trinajstić information content (AvgIpc) is 3.08. The van der Waals surface area contributed by atoms with Gasteiger partial charge in [-0.1, -0.05) is 23.7 Å². The lowest BCUT2D eigenvalue weighted by Gasteiger charge is -2.23. The topological polar surface area (TPSA) is 69.7 Å². The average molecular weight is 389 g/mol. The van der Waals surface area contributed by atoms with Gasteiger partial charge in [0.1, 0.15) is 0 Å². The van der Waals surface area contributed by atoms with Gasteiger partial charge in [-0.25, -0.2) is 9.78 Å². The van der Waals surface area contributed by atoms with Gasteiger partial charge in [0.25, 0.3) is 0 Å². The number of anilines is 1. The van der Waals surface area contributed by atoms with Gasteiger partial charge in [0.15, 0.2) is 27.5 Å². The van der Waals surface area contributed by atoms with Crippen molar-refractivity contribution in [1.82, 2.24) is 4.98 Å². The van der Waals surface area contributed by atoms with Crippen LogP contribution in [0.3, 0.4) is 0 Å². The van der Waals surface area contributed by atoms with Crippen molar-refractivity contribution in [2.75, 3.05) is 12.4 Å². The zero-order valence-corrected chi connectivity index (χ0v) is 15.2. The molecule has 4 rings (SSSR count). The molecule has 2 aromatic carbocycles. The molecule has 0 atom stereocenters. The van der Waals surface area contributed by atoms with Crippen molar-refractivity contribution in [3.05, 3.63) is 57.5 Å². The van der Waals surface area contributed by atoms with Gasteiger partial charge >= 0.3 is 5.97 Å². The molecular weight excluding hydrogens is 376 g/mol. The van der Waals surface area contributed by atoms with Crippen molar-refractivity contribution >= 4 is 34.6 Å². The molecule has 26 heavy (non-hydrogen) atoms. The highest BCUT2D eigenvalue weighted by molar-refractivity contribution is 7.15. The van der Waals surface area contributed by atoms with Crippen LogP contribution in [0, 0.1) is 0 Å². The summed E-state index contributed by atoms with van der Waals surface area (Å²) < 4.78 is 17.2. The quantitative estimate of drug-likeness (QED) is 0.491. The van der Waals surface area contributed by atoms with Crippen molar-refractivity contribution in [2.24, 2.45) is 0 Å². The molecule has 0 amide bonds. The minimum absolute atomic E-state index is 0.360. The lowest BCUT2D eigenvalue weighted by molar-refractivity contribution is 0.0600. The van der Waals surface area contributed by atoms with Crippen LogP contribution in [0.15, 0.2) is 42.6 Å². The zero-order valence-electron chi connectivity index (χ0n) is 13.6. The number of carbonyl (C=O) groups is 1. The Morgan fingerprint density at radius 2 is 2.00 bits per heavy atom. The molecule has 6 nitrogen and oxygen atoms in total. The Morgan fingerprint density at radius 1 is 1.23 bits per heavy atom. The van der Waals surface area contributed by atoms with Gasteiger partial charge in [0.05, 0.1) is 24.9 Å². The van der Waals surface area contributed by atoms with Gasteiger partial charge in [-0.15, -0.1) is 11.3 Å². The molecule has 0 bridgehead atoms. The summed E-state index contributed by atoms with van der Waals surface area (Å²) in [4.78, 5) is 17.0. The molecule has 0 saturated carbocycles. The molecule has 1 aromatic heterocycles. The maximum Gasteiger partial charge on any atom is 0.338 e. The Labute approximate surface area is 158 Å². The number of para-hydroxylation sites is 2. The van der Waals surface area contributed by atoms with Crippen molar-refractivity contribution in [3.63, 3.8) is 0 Å². The van der Waals surface area contributed by atoms with Crippen LogP contribution in [0.25, 0.3) is 0 Å². The first-order chi connectivity index (χ1) is 12.6. The van der Waals surface area contributed by atoms with E-state index in [1.807, 2.05) is 18.2 Å². The van der Waals surface area contributed by atoms with E-state index in [1.54, 1.807) is 24.4 Å². The molecule has 8 heteroatoms. The van der Waals surface area contributed by atoms with E-state index >= 15 is 0 Å². The molecule has 0 aliphatic carbocycles. The number of carbonyl (C=O) groups excluding carboxylic acids is 1. The molecule has 0 saturated heterocycles. The maximum atomic E-state index is 12.0. The number of hydrogen-bond acceptors (Lipinski definition) is 7. The van der Waals surface area contributed by atoms with E-state index in [1.165, 1.54) is 18.4 Å². The number of methoxy groups -OCH3 is 1. The van der Waals surface area contributed by atoms with Gasteiger partial charge in [0, 0.05) is 11.1 Å². The van der Waals surface area contributed by atoms with Crippen LogP contribution in [-0.4, -0.2) is 18.1 Å². The second-order valence-corrected chi connectivity index (χ2v) is 7.12. The molecule has 1 N–H and O–H groups in total. The van der Waals surface area contributed by atoms with Crippen molar-refractivity contribution in [2.45, 2.75) is 6.54 Å². The molecule has 1 aliphatic heterocycles. The summed E-state index contributed by atoms with van der Waals surface area (Å²) in [7, 11) is 1.33. The van der Waals surface area contributed by atoms with Crippen molar-refractivity contribution in [1.29, 1.82) is 0 Å². The highest BCUT2D eigenvalue weighted by Gasteiger charge is 2.24. The van der Waals surface area contributed by atoms with E-state index in [4.69, 9.17) is 25.8 Å². The first kappa shape index (κ1) is 16.7. The second kappa shape index (κ2) is 6.86. The van der Waals surface area contributed by atoms with Gasteiger partial charge < -0.3 is 19.5 Å². The summed E-state index contributed by atoms with van der Waals surface area (Å²) in [6, 6.07) is 10.6. The van der Waals surface area contributed by atoms with Crippen LogP contribution >= 0.6 is 22.9 Å². The Bertz CT molecular complexity index is 989. The Balaban J connectivity index is 1.70. The predicted octanol–water partition coefficient (Wildman–Crippen LogP) is 5.09. The summed E-state index contributed by atoms with van der Waals surface area (Å²) in [5.74, 6) is 1.68. The highest BCUT2D eigenvalue weighted by atomic mass is 35.5. The third-order valence-electron chi connectivity index (χ3n) is 3.74. The number of aromatic nitrogens is 1. The van der Waals surface area contributed by atoms with Crippen LogP contribution in [-0.2, 0) is 11.3 Å². The van der Waals surface area contributed by atoms with E-state index in [2.05, 4.69) is 10.3 Å². The number of thiazole rings is 1. The number of nitrogens with zero attached hydrogens (tertiary/aromatic N) is 1. The van der Waals surface area contributed by atoms with Gasteiger partial charge in [-0.05, 0) is 24.3 Å². The monoisotopic (exact) mass is 388 g/mol. The minimum atomic E-state index is -0.459. The number of nitrogens with one attached hydrogen (secondary N) is 1. The zero-order chi connectivity index (χ0) is 18.1. The molecule has 3 aromatic rings. The normalized spacial score (nSPS) is 11.6. The number of hydrogen-bond donors (Lipinski definition) is 1. The molecule has 2 heterocycles. The molecule has 1 aliphatic rings. The molecule has 0 unspecified atom stereocenters. The molecular formula is C18H13ClN2O4S. The Hall–Kier alpha value is -2.77. The number of rotatable bonds is 4. The van der Waals surface area contributed by atoms with E-state index in [9.17, 15) is 4.79 Å². The van der Waals surface area contributed by atoms with Crippen LogP contribution < -0.4 is 14.8 Å². The number of ether oxygens (including phenoxy) is 3. The van der Waals surface area contributed by atoms with Crippen LogP contribution in [0.2, 0.25) is 4.47 Å². The minimum Gasteiger partial charge on any atom is -0.465 e. The Kier molecular flexibility index (Phi) is 4.40. The lowest BCUT2D eigenvalue weighted by atomic mass is 10.1. The maximum absolute atomic E-state index is 12.0. The molecule has 132 valence electrons. The summed E-state index contributed by atoms with van der Waals surface area (Å²) in [6.45, 7) is 0.479. The largest absolute Gasteiger partial charge is 0.465 e. The van der Waals surface area contributed by atoms with Crippen molar-refractivity contribution < 1.29 is 19.0 Å². The number of halogens is 1. The van der Waals surface area contributed by atoms with Gasteiger partial charge in [-0.2, -0.15) is 0 Å². The Morgan fingerprint density at radius 3 is 2.69 bits per heavy atom. The third kappa shape index (κ3) is 3.18. The summed E-state index contributed by atoms with van der Waals surface area (Å²) in [5, 5.41) is 3.25. The number of benzene rings is 2. The second-order valence-electron chi connectivity index (χ2n) is 5.43. The van der Waals surface area contributed by atoms with E-state index < -0.39 is 5.97 Å². The first-order valence-electron chi connectivity index (χ1n) is 7.69. The summed E-state index contributed by atoms with van der Waals surface area (Å²) in [6.07, 6.45) is 1.70. The first-order valence-corrected chi connectivity index (χ1v) is 8.88. The lowest BCUT2D eigenvalue weighted by Crippen LogP contribution is -2.08. The van der Waals surface area contributed by atoms with Crippen LogP contribution in [0.1, 0.15) is 15.2 Å². The van der Waals surface area contributed by atoms with Crippen LogP contribution in [0.5, 0.6) is 23.0 Å². The smallest absolute Gasteiger partial charge is 0.338 e. The van der Waals surface area contributed by atoms with Gasteiger partial charge in [-0.3, -0.25) is 0 Å². The fraction of sp³-hybridized carbons (Fsp3) is 0.111. The number of fused-ring (bicyclic) bond motifs is 2. The van der Waals surface area contributed by atoms with E-state index in [0.29, 0.717) is 45.3 Å². The fourth-order valence-electron chi connectivity index (χ4n) is 2.55. The number of esters is 1. The van der Waals surface area contributed by atoms with Crippen LogP contribution in [0.4, 0.5) is 5.69 Å².